The van der Waals surface area contributed by atoms with Gasteiger partial charge in [0.25, 0.3) is 0 Å². The maximum absolute atomic E-state index is 12.1. The molecule has 1 unspecified atom stereocenters. The molecule has 1 heterocycles. The van der Waals surface area contributed by atoms with Crippen LogP contribution in [-0.2, 0) is 28.9 Å². The van der Waals surface area contributed by atoms with E-state index in [4.69, 9.17) is 10.5 Å². The predicted octanol–water partition coefficient (Wildman–Crippen LogP) is 2.19. The van der Waals surface area contributed by atoms with Crippen molar-refractivity contribution < 1.29 is 9.53 Å². The van der Waals surface area contributed by atoms with Gasteiger partial charge >= 0.3 is 0 Å². The van der Waals surface area contributed by atoms with Gasteiger partial charge in [-0.25, -0.2) is 4.98 Å². The molecule has 1 amide bonds. The first kappa shape index (κ1) is 21.6. The van der Waals surface area contributed by atoms with Crippen molar-refractivity contribution in [1.29, 1.82) is 0 Å². The van der Waals surface area contributed by atoms with E-state index in [0.717, 1.165) is 17.8 Å². The van der Waals surface area contributed by atoms with Crippen molar-refractivity contribution in [2.45, 2.75) is 44.8 Å². The molecule has 1 atom stereocenters. The van der Waals surface area contributed by atoms with Crippen LogP contribution in [0.3, 0.4) is 0 Å². The number of halogens is 2. The number of hydrogen-bond acceptors (Lipinski definition) is 5. The second-order valence-electron chi connectivity index (χ2n) is 5.23. The molecule has 8 heteroatoms. The lowest BCUT2D eigenvalue weighted by Gasteiger charge is -2.19. The third-order valence-electron chi connectivity index (χ3n) is 3.69. The largest absolute Gasteiger partial charge is 0.380 e. The van der Waals surface area contributed by atoms with E-state index in [-0.39, 0.29) is 36.8 Å². The standard InChI is InChI=1S/C14H23N3O2S.2ClH/c1-17(14(18)7-10(8-15)19-2)9-13-16-11-5-3-4-6-12(11)20-13;;/h10H,3-9,15H2,1-2H3;2*1H. The molecule has 1 aliphatic carbocycles. The molecule has 1 aliphatic rings. The SMILES string of the molecule is COC(CN)CC(=O)N(C)Cc1nc2c(s1)CCCC2.Cl.Cl. The van der Waals surface area contributed by atoms with Crippen LogP contribution in [0.15, 0.2) is 0 Å². The molecule has 0 saturated carbocycles. The van der Waals surface area contributed by atoms with Gasteiger partial charge in [0.1, 0.15) is 5.01 Å². The quantitative estimate of drug-likeness (QED) is 0.834. The van der Waals surface area contributed by atoms with Gasteiger partial charge in [0, 0.05) is 25.6 Å². The van der Waals surface area contributed by atoms with Crippen LogP contribution in [0.2, 0.25) is 0 Å². The molecule has 22 heavy (non-hydrogen) atoms. The van der Waals surface area contributed by atoms with Crippen molar-refractivity contribution in [3.63, 3.8) is 0 Å². The molecule has 0 aliphatic heterocycles. The van der Waals surface area contributed by atoms with Crippen LogP contribution in [0.5, 0.6) is 0 Å². The Morgan fingerprint density at radius 1 is 1.41 bits per heavy atom. The van der Waals surface area contributed by atoms with Crippen molar-refractivity contribution >= 4 is 42.1 Å². The lowest BCUT2D eigenvalue weighted by atomic mass is 10.0. The number of nitrogens with two attached hydrogens (primary N) is 1. The normalized spacial score (nSPS) is 14.3. The molecule has 128 valence electrons. The number of carbonyl (C=O) groups excluding carboxylic acids is 1. The Labute approximate surface area is 148 Å². The number of methoxy groups -OCH3 is 1. The number of hydrogen-bond donors (Lipinski definition) is 1. The van der Waals surface area contributed by atoms with Gasteiger partial charge < -0.3 is 15.4 Å². The van der Waals surface area contributed by atoms with Gasteiger partial charge in [-0.05, 0) is 25.7 Å². The third-order valence-corrected chi connectivity index (χ3v) is 4.83. The molecule has 2 N–H and O–H groups in total. The summed E-state index contributed by atoms with van der Waals surface area (Å²) in [6.45, 7) is 0.944. The van der Waals surface area contributed by atoms with Gasteiger partial charge in [0.05, 0.1) is 24.8 Å². The Bertz CT molecular complexity index is 443. The number of ether oxygens (including phenoxy) is 1. The highest BCUT2D eigenvalue weighted by Crippen LogP contribution is 2.27. The summed E-state index contributed by atoms with van der Waals surface area (Å²) in [6, 6.07) is 0. The van der Waals surface area contributed by atoms with E-state index in [9.17, 15) is 4.79 Å². The van der Waals surface area contributed by atoms with Crippen molar-refractivity contribution in [1.82, 2.24) is 9.88 Å². The van der Waals surface area contributed by atoms with E-state index >= 15 is 0 Å². The molecule has 5 nitrogen and oxygen atoms in total. The highest BCUT2D eigenvalue weighted by atomic mass is 35.5. The van der Waals surface area contributed by atoms with Crippen LogP contribution in [0.1, 0.15) is 34.8 Å². The second-order valence-corrected chi connectivity index (χ2v) is 6.40. The maximum atomic E-state index is 12.1. The Morgan fingerprint density at radius 3 is 2.68 bits per heavy atom. The monoisotopic (exact) mass is 369 g/mol. The fraction of sp³-hybridized carbons (Fsp3) is 0.714. The average Bonchev–Trinajstić information content (AvgIpc) is 2.86. The molecule has 0 aromatic carbocycles. The minimum absolute atomic E-state index is 0. The summed E-state index contributed by atoms with van der Waals surface area (Å²) in [4.78, 5) is 19.9. The van der Waals surface area contributed by atoms with Crippen molar-refractivity contribution in [3.05, 3.63) is 15.6 Å². The minimum atomic E-state index is -0.200. The van der Waals surface area contributed by atoms with E-state index in [1.54, 1.807) is 23.3 Å². The molecular formula is C14H25Cl2N3O2S. The van der Waals surface area contributed by atoms with Gasteiger partial charge in [-0.2, -0.15) is 0 Å². The predicted molar refractivity (Wildman–Crippen MR) is 94.2 cm³/mol. The first-order valence-corrected chi connectivity index (χ1v) is 7.90. The molecule has 0 spiro atoms. The van der Waals surface area contributed by atoms with Crippen LogP contribution < -0.4 is 5.73 Å². The molecule has 2 rings (SSSR count). The summed E-state index contributed by atoms with van der Waals surface area (Å²) in [7, 11) is 3.39. The molecule has 0 bridgehead atoms. The number of aromatic nitrogens is 1. The molecular weight excluding hydrogens is 345 g/mol. The molecule has 0 saturated heterocycles. The van der Waals surface area contributed by atoms with E-state index in [1.165, 1.54) is 23.4 Å². The summed E-state index contributed by atoms with van der Waals surface area (Å²) in [5, 5.41) is 1.04. The van der Waals surface area contributed by atoms with Crippen molar-refractivity contribution in [2.75, 3.05) is 20.7 Å². The van der Waals surface area contributed by atoms with Gasteiger partial charge in [-0.15, -0.1) is 36.2 Å². The zero-order valence-electron chi connectivity index (χ0n) is 13.0. The summed E-state index contributed by atoms with van der Waals surface area (Å²) in [5.74, 6) is 0.0514. The summed E-state index contributed by atoms with van der Waals surface area (Å²) in [5.41, 5.74) is 6.79. The van der Waals surface area contributed by atoms with E-state index in [0.29, 0.717) is 19.5 Å². The highest BCUT2D eigenvalue weighted by molar-refractivity contribution is 7.11. The van der Waals surface area contributed by atoms with Crippen LogP contribution in [-0.4, -0.2) is 42.6 Å². The highest BCUT2D eigenvalue weighted by Gasteiger charge is 2.19. The van der Waals surface area contributed by atoms with Gasteiger partial charge in [0.15, 0.2) is 0 Å². The number of amides is 1. The third kappa shape index (κ3) is 5.66. The van der Waals surface area contributed by atoms with E-state index < -0.39 is 0 Å². The number of fused-ring (bicyclic) bond motifs is 1. The maximum Gasteiger partial charge on any atom is 0.225 e. The summed E-state index contributed by atoms with van der Waals surface area (Å²) < 4.78 is 5.15. The van der Waals surface area contributed by atoms with E-state index in [2.05, 4.69) is 4.98 Å². The van der Waals surface area contributed by atoms with Crippen LogP contribution in [0, 0.1) is 0 Å². The van der Waals surface area contributed by atoms with Gasteiger partial charge in [-0.3, -0.25) is 4.79 Å². The Balaban J connectivity index is 0.00000220. The molecule has 1 aromatic heterocycles. The molecule has 0 radical (unpaired) electrons. The van der Waals surface area contributed by atoms with Gasteiger partial charge in [0.2, 0.25) is 5.91 Å². The van der Waals surface area contributed by atoms with Crippen molar-refractivity contribution in [2.24, 2.45) is 5.73 Å². The fourth-order valence-corrected chi connectivity index (χ4v) is 3.59. The number of nitrogens with zero attached hydrogens (tertiary/aromatic N) is 2. The number of rotatable bonds is 6. The first-order valence-electron chi connectivity index (χ1n) is 7.08. The number of aryl methyl sites for hydroxylation is 2. The lowest BCUT2D eigenvalue weighted by molar-refractivity contribution is -0.132. The lowest BCUT2D eigenvalue weighted by Crippen LogP contribution is -2.33. The molecule has 0 fully saturated rings. The van der Waals surface area contributed by atoms with Crippen LogP contribution in [0.4, 0.5) is 0 Å². The van der Waals surface area contributed by atoms with Crippen molar-refractivity contribution in [3.8, 4) is 0 Å². The Hall–Kier alpha value is -0.400. The van der Waals surface area contributed by atoms with Crippen LogP contribution in [0.25, 0.3) is 0 Å². The topological polar surface area (TPSA) is 68.5 Å². The minimum Gasteiger partial charge on any atom is -0.380 e. The van der Waals surface area contributed by atoms with E-state index in [1.807, 2.05) is 7.05 Å². The average molecular weight is 370 g/mol. The fourth-order valence-electron chi connectivity index (χ4n) is 2.38. The number of thiazole rings is 1. The second kappa shape index (κ2) is 10.4. The summed E-state index contributed by atoms with van der Waals surface area (Å²) >= 11 is 1.75. The Morgan fingerprint density at radius 2 is 2.09 bits per heavy atom. The summed E-state index contributed by atoms with van der Waals surface area (Å²) in [6.07, 6.45) is 4.85. The smallest absolute Gasteiger partial charge is 0.225 e. The zero-order chi connectivity index (χ0) is 14.5. The zero-order valence-corrected chi connectivity index (χ0v) is 15.5. The van der Waals surface area contributed by atoms with Crippen LogP contribution >= 0.6 is 36.2 Å². The Kier molecular flexibility index (Phi) is 10.2. The molecule has 1 aromatic rings. The number of carbonyl (C=O) groups is 1. The van der Waals surface area contributed by atoms with Gasteiger partial charge in [-0.1, -0.05) is 0 Å². The first-order chi connectivity index (χ1) is 9.63.